The summed E-state index contributed by atoms with van der Waals surface area (Å²) in [5, 5.41) is 7.46. The number of amides is 1. The number of carbonyl (C=O) groups excluding carboxylic acids is 1. The van der Waals surface area contributed by atoms with Gasteiger partial charge in [-0.1, -0.05) is 19.8 Å². The van der Waals surface area contributed by atoms with Crippen molar-refractivity contribution in [1.29, 1.82) is 0 Å². The van der Waals surface area contributed by atoms with E-state index in [0.29, 0.717) is 17.1 Å². The van der Waals surface area contributed by atoms with E-state index >= 15 is 0 Å². The monoisotopic (exact) mass is 286 g/mol. The third kappa shape index (κ3) is 2.64. The molecule has 2 aromatic rings. The second-order valence-corrected chi connectivity index (χ2v) is 6.17. The van der Waals surface area contributed by atoms with Crippen LogP contribution in [0.25, 0.3) is 5.65 Å². The number of aromatic nitrogens is 3. The Morgan fingerprint density at radius 2 is 2.10 bits per heavy atom. The summed E-state index contributed by atoms with van der Waals surface area (Å²) < 4.78 is 1.73. The molecule has 1 fully saturated rings. The number of hydrogen-bond acceptors (Lipinski definition) is 3. The van der Waals surface area contributed by atoms with Crippen molar-refractivity contribution < 1.29 is 4.79 Å². The fourth-order valence-corrected chi connectivity index (χ4v) is 3.21. The summed E-state index contributed by atoms with van der Waals surface area (Å²) in [7, 11) is 0. The van der Waals surface area contributed by atoms with E-state index in [1.54, 1.807) is 10.7 Å². The number of rotatable bonds is 2. The summed E-state index contributed by atoms with van der Waals surface area (Å²) in [6.45, 7) is 6.12. The average Bonchev–Trinajstić information content (AvgIpc) is 2.85. The van der Waals surface area contributed by atoms with E-state index in [2.05, 4.69) is 22.3 Å². The number of carbonyl (C=O) groups is 1. The van der Waals surface area contributed by atoms with Crippen LogP contribution in [0.2, 0.25) is 0 Å². The molecule has 1 aliphatic rings. The average molecular weight is 286 g/mol. The highest BCUT2D eigenvalue weighted by Gasteiger charge is 2.25. The Morgan fingerprint density at radius 3 is 2.86 bits per heavy atom. The molecular weight excluding hydrogens is 264 g/mol. The predicted octanol–water partition coefficient (Wildman–Crippen LogP) is 2.65. The van der Waals surface area contributed by atoms with Gasteiger partial charge in [0.1, 0.15) is 5.56 Å². The van der Waals surface area contributed by atoms with Gasteiger partial charge in [-0.15, -0.1) is 0 Å². The molecular formula is C16H22N4O. The number of hydrogen-bond donors (Lipinski definition) is 1. The zero-order valence-corrected chi connectivity index (χ0v) is 12.9. The lowest BCUT2D eigenvalue weighted by molar-refractivity contribution is 0.0912. The lowest BCUT2D eigenvalue weighted by atomic mass is 9.86. The van der Waals surface area contributed by atoms with E-state index in [9.17, 15) is 4.79 Å². The fraction of sp³-hybridized carbons (Fsp3) is 0.562. The lowest BCUT2D eigenvalue weighted by Crippen LogP contribution is -2.41. The molecule has 0 unspecified atom stereocenters. The van der Waals surface area contributed by atoms with Crippen molar-refractivity contribution in [3.63, 3.8) is 0 Å². The Bertz CT molecular complexity index is 676. The second-order valence-electron chi connectivity index (χ2n) is 6.17. The molecule has 3 rings (SSSR count). The first-order valence-electron chi connectivity index (χ1n) is 7.69. The van der Waals surface area contributed by atoms with E-state index in [0.717, 1.165) is 17.8 Å². The highest BCUT2D eigenvalue weighted by Crippen LogP contribution is 2.24. The van der Waals surface area contributed by atoms with Crippen LogP contribution in [-0.4, -0.2) is 26.5 Å². The van der Waals surface area contributed by atoms with Crippen molar-refractivity contribution in [2.45, 2.75) is 52.5 Å². The molecule has 0 radical (unpaired) electrons. The number of fused-ring (bicyclic) bond motifs is 1. The Labute approximate surface area is 124 Å². The summed E-state index contributed by atoms with van der Waals surface area (Å²) in [4.78, 5) is 17.0. The third-order valence-electron chi connectivity index (χ3n) is 4.45. The molecule has 2 atom stereocenters. The van der Waals surface area contributed by atoms with E-state index in [-0.39, 0.29) is 11.9 Å². The van der Waals surface area contributed by atoms with Crippen LogP contribution < -0.4 is 5.32 Å². The molecule has 5 nitrogen and oxygen atoms in total. The van der Waals surface area contributed by atoms with Gasteiger partial charge < -0.3 is 5.32 Å². The SMILES string of the molecule is Cc1cc(C)n2ncc(C(=O)N[C@@H]3CCCC[C@@H]3C)c2n1. The van der Waals surface area contributed by atoms with Crippen molar-refractivity contribution in [3.05, 3.63) is 29.2 Å². The minimum atomic E-state index is -0.0544. The van der Waals surface area contributed by atoms with Crippen molar-refractivity contribution in [2.75, 3.05) is 0 Å². The van der Waals surface area contributed by atoms with Crippen LogP contribution in [0.1, 0.15) is 54.4 Å². The van der Waals surface area contributed by atoms with Crippen LogP contribution in [0.15, 0.2) is 12.3 Å². The molecule has 21 heavy (non-hydrogen) atoms. The minimum absolute atomic E-state index is 0.0544. The first kappa shape index (κ1) is 14.0. The zero-order chi connectivity index (χ0) is 15.0. The Balaban J connectivity index is 1.88. The number of nitrogens with zero attached hydrogens (tertiary/aromatic N) is 3. The normalized spacial score (nSPS) is 22.4. The smallest absolute Gasteiger partial charge is 0.256 e. The predicted molar refractivity (Wildman–Crippen MR) is 81.3 cm³/mol. The zero-order valence-electron chi connectivity index (χ0n) is 12.9. The van der Waals surface area contributed by atoms with Gasteiger partial charge in [-0.25, -0.2) is 9.50 Å². The Kier molecular flexibility index (Phi) is 3.66. The largest absolute Gasteiger partial charge is 0.349 e. The van der Waals surface area contributed by atoms with Crippen LogP contribution >= 0.6 is 0 Å². The summed E-state index contributed by atoms with van der Waals surface area (Å²) in [5.41, 5.74) is 3.11. The van der Waals surface area contributed by atoms with Crippen LogP contribution in [0.4, 0.5) is 0 Å². The summed E-state index contributed by atoms with van der Waals surface area (Å²) >= 11 is 0. The molecule has 1 saturated carbocycles. The van der Waals surface area contributed by atoms with Gasteiger partial charge in [-0.3, -0.25) is 4.79 Å². The molecule has 0 saturated heterocycles. The molecule has 1 N–H and O–H groups in total. The van der Waals surface area contributed by atoms with Gasteiger partial charge in [0.2, 0.25) is 0 Å². The number of nitrogens with one attached hydrogen (secondary N) is 1. The molecule has 2 heterocycles. The second kappa shape index (κ2) is 5.47. The molecule has 0 aromatic carbocycles. The molecule has 0 spiro atoms. The maximum atomic E-state index is 12.6. The molecule has 0 bridgehead atoms. The Hall–Kier alpha value is -1.91. The van der Waals surface area contributed by atoms with E-state index in [1.165, 1.54) is 19.3 Å². The van der Waals surface area contributed by atoms with Gasteiger partial charge in [0.05, 0.1) is 6.20 Å². The maximum absolute atomic E-state index is 12.6. The van der Waals surface area contributed by atoms with Crippen molar-refractivity contribution in [1.82, 2.24) is 19.9 Å². The van der Waals surface area contributed by atoms with Crippen LogP contribution in [0.5, 0.6) is 0 Å². The first-order valence-corrected chi connectivity index (χ1v) is 7.69. The number of aryl methyl sites for hydroxylation is 2. The van der Waals surface area contributed by atoms with E-state index in [1.807, 2.05) is 19.9 Å². The molecule has 1 aliphatic carbocycles. The van der Waals surface area contributed by atoms with Gasteiger partial charge in [-0.05, 0) is 38.7 Å². The van der Waals surface area contributed by atoms with Gasteiger partial charge in [-0.2, -0.15) is 5.10 Å². The summed E-state index contributed by atoms with van der Waals surface area (Å²) in [6.07, 6.45) is 6.34. The summed E-state index contributed by atoms with van der Waals surface area (Å²) in [6, 6.07) is 2.23. The topological polar surface area (TPSA) is 59.3 Å². The van der Waals surface area contributed by atoms with Crippen LogP contribution in [0.3, 0.4) is 0 Å². The third-order valence-corrected chi connectivity index (χ3v) is 4.45. The minimum Gasteiger partial charge on any atom is -0.349 e. The molecule has 2 aromatic heterocycles. The summed E-state index contributed by atoms with van der Waals surface area (Å²) in [5.74, 6) is 0.488. The van der Waals surface area contributed by atoms with Crippen molar-refractivity contribution in [3.8, 4) is 0 Å². The highest BCUT2D eigenvalue weighted by molar-refractivity contribution is 5.99. The van der Waals surface area contributed by atoms with Crippen molar-refractivity contribution in [2.24, 2.45) is 5.92 Å². The molecule has 0 aliphatic heterocycles. The maximum Gasteiger partial charge on any atom is 0.256 e. The van der Waals surface area contributed by atoms with Gasteiger partial charge >= 0.3 is 0 Å². The van der Waals surface area contributed by atoms with Gasteiger partial charge in [0, 0.05) is 17.4 Å². The van der Waals surface area contributed by atoms with Gasteiger partial charge in [0.15, 0.2) is 5.65 Å². The standard InChI is InChI=1S/C16H22N4O/c1-10-6-4-5-7-14(10)19-16(21)13-9-17-20-12(3)8-11(2)18-15(13)20/h8-10,14H,4-7H2,1-3H3,(H,19,21)/t10-,14+/m0/s1. The van der Waals surface area contributed by atoms with E-state index < -0.39 is 0 Å². The molecule has 1 amide bonds. The fourth-order valence-electron chi connectivity index (χ4n) is 3.21. The quantitative estimate of drug-likeness (QED) is 0.923. The Morgan fingerprint density at radius 1 is 1.33 bits per heavy atom. The lowest BCUT2D eigenvalue weighted by Gasteiger charge is -2.29. The van der Waals surface area contributed by atoms with Crippen LogP contribution in [0, 0.1) is 19.8 Å². The first-order chi connectivity index (χ1) is 10.1. The highest BCUT2D eigenvalue weighted by atomic mass is 16.1. The van der Waals surface area contributed by atoms with Crippen molar-refractivity contribution >= 4 is 11.6 Å². The molecule has 112 valence electrons. The van der Waals surface area contributed by atoms with Gasteiger partial charge in [0.25, 0.3) is 5.91 Å². The van der Waals surface area contributed by atoms with Crippen LogP contribution in [-0.2, 0) is 0 Å². The molecule has 5 heteroatoms. The van der Waals surface area contributed by atoms with E-state index in [4.69, 9.17) is 0 Å².